The predicted octanol–water partition coefficient (Wildman–Crippen LogP) is 7.78. The first kappa shape index (κ1) is 30.4. The van der Waals surface area contributed by atoms with Crippen LogP contribution in [0.25, 0.3) is 0 Å². The summed E-state index contributed by atoms with van der Waals surface area (Å²) in [4.78, 5) is 12.9. The highest BCUT2D eigenvalue weighted by Crippen LogP contribution is 2.59. The fourth-order valence-electron chi connectivity index (χ4n) is 7.07. The van der Waals surface area contributed by atoms with Crippen LogP contribution in [0.3, 0.4) is 0 Å². The van der Waals surface area contributed by atoms with E-state index in [1.165, 1.54) is 19.3 Å². The molecule has 0 saturated heterocycles. The van der Waals surface area contributed by atoms with E-state index in [4.69, 9.17) is 9.05 Å². The van der Waals surface area contributed by atoms with Crippen molar-refractivity contribution in [3.05, 3.63) is 29.8 Å². The minimum Gasteiger partial charge on any atom is -0.371 e. The number of rotatable bonds is 12. The highest BCUT2D eigenvalue weighted by Gasteiger charge is 2.51. The lowest BCUT2D eigenvalue weighted by Crippen LogP contribution is -2.61. The van der Waals surface area contributed by atoms with Crippen LogP contribution < -0.4 is 16.0 Å². The molecule has 0 spiro atoms. The monoisotopic (exact) mass is 561 g/mol. The zero-order valence-corrected chi connectivity index (χ0v) is 26.1. The van der Waals surface area contributed by atoms with Crippen LogP contribution in [0.15, 0.2) is 24.3 Å². The number of urea groups is 1. The van der Waals surface area contributed by atoms with E-state index in [0.29, 0.717) is 19.8 Å². The summed E-state index contributed by atoms with van der Waals surface area (Å²) >= 11 is 0. The van der Waals surface area contributed by atoms with E-state index in [1.54, 1.807) is 0 Å². The van der Waals surface area contributed by atoms with Crippen LogP contribution in [-0.2, 0) is 20.2 Å². The van der Waals surface area contributed by atoms with Crippen molar-refractivity contribution in [2.45, 2.75) is 105 Å². The number of hydrogen-bond acceptors (Lipinski definition) is 5. The van der Waals surface area contributed by atoms with Gasteiger partial charge in [-0.15, -0.1) is 0 Å². The maximum atomic E-state index is 14.1. The average Bonchev–Trinajstić information content (AvgIpc) is 2.82. The van der Waals surface area contributed by atoms with Crippen molar-refractivity contribution in [3.8, 4) is 0 Å². The molecule has 2 amide bonds. The Morgan fingerprint density at radius 3 is 1.85 bits per heavy atom. The van der Waals surface area contributed by atoms with Crippen LogP contribution >= 0.6 is 7.60 Å². The molecule has 3 N–H and O–H groups in total. The minimum absolute atomic E-state index is 0.0117. The van der Waals surface area contributed by atoms with Gasteiger partial charge in [0, 0.05) is 17.8 Å². The van der Waals surface area contributed by atoms with Crippen LogP contribution in [-0.4, -0.2) is 30.6 Å². The number of benzene rings is 1. The van der Waals surface area contributed by atoms with Gasteiger partial charge in [-0.25, -0.2) is 4.79 Å². The van der Waals surface area contributed by atoms with Crippen molar-refractivity contribution < 1.29 is 18.4 Å². The smallest absolute Gasteiger partial charge is 0.353 e. The van der Waals surface area contributed by atoms with Crippen LogP contribution in [0.5, 0.6) is 0 Å². The number of carbonyl (C=O) groups is 1. The molecular formula is C31H52N3O4P. The second-order valence-electron chi connectivity index (χ2n) is 14.5. The van der Waals surface area contributed by atoms with Crippen LogP contribution in [0.1, 0.15) is 92.6 Å². The number of nitrogens with one attached hydrogen (secondary N) is 3. The molecule has 8 heteroatoms. The summed E-state index contributed by atoms with van der Waals surface area (Å²) in [6.07, 6.45) is 7.53. The zero-order chi connectivity index (χ0) is 28.4. The van der Waals surface area contributed by atoms with Gasteiger partial charge in [-0.2, -0.15) is 0 Å². The first-order valence-electron chi connectivity index (χ1n) is 15.1. The molecule has 0 heterocycles. The topological polar surface area (TPSA) is 88.7 Å². The summed E-state index contributed by atoms with van der Waals surface area (Å²) in [5, 5.41) is 9.94. The van der Waals surface area contributed by atoms with Gasteiger partial charge in [-0.3, -0.25) is 4.57 Å². The Bertz CT molecular complexity index is 966. The third-order valence-corrected chi connectivity index (χ3v) is 11.0. The fourth-order valence-corrected chi connectivity index (χ4v) is 9.71. The first-order chi connectivity index (χ1) is 18.3. The Hall–Kier alpha value is -1.56. The van der Waals surface area contributed by atoms with Crippen molar-refractivity contribution in [1.82, 2.24) is 10.6 Å². The van der Waals surface area contributed by atoms with E-state index >= 15 is 0 Å². The highest BCUT2D eigenvalue weighted by molar-refractivity contribution is 7.54. The second kappa shape index (κ2) is 12.1. The fraction of sp³-hybridized carbons (Fsp3) is 0.774. The molecule has 1 atom stereocenters. The minimum atomic E-state index is -3.47. The van der Waals surface area contributed by atoms with Gasteiger partial charge in [0.1, 0.15) is 5.78 Å². The van der Waals surface area contributed by atoms with Crippen LogP contribution in [0, 0.1) is 35.0 Å². The summed E-state index contributed by atoms with van der Waals surface area (Å²) in [6.45, 7) is 15.5. The lowest BCUT2D eigenvalue weighted by atomic mass is 9.53. The van der Waals surface area contributed by atoms with Crippen LogP contribution in [0.2, 0.25) is 0 Å². The highest BCUT2D eigenvalue weighted by atomic mass is 31.2. The van der Waals surface area contributed by atoms with Crippen molar-refractivity contribution in [1.29, 1.82) is 0 Å². The predicted molar refractivity (Wildman–Crippen MR) is 159 cm³/mol. The number of anilines is 1. The van der Waals surface area contributed by atoms with Gasteiger partial charge in [-0.05, 0) is 91.2 Å². The molecule has 4 fully saturated rings. The van der Waals surface area contributed by atoms with E-state index in [2.05, 4.69) is 36.7 Å². The van der Waals surface area contributed by atoms with E-state index in [1.807, 2.05) is 52.0 Å². The summed E-state index contributed by atoms with van der Waals surface area (Å²) < 4.78 is 26.1. The normalized spacial score (nSPS) is 27.2. The Morgan fingerprint density at radius 2 is 1.41 bits per heavy atom. The van der Waals surface area contributed by atoms with Crippen molar-refractivity contribution in [2.24, 2.45) is 35.0 Å². The molecule has 1 aromatic carbocycles. The molecule has 39 heavy (non-hydrogen) atoms. The molecule has 4 saturated carbocycles. The summed E-state index contributed by atoms with van der Waals surface area (Å²) in [6, 6.07) is 7.89. The third kappa shape index (κ3) is 8.01. The summed E-state index contributed by atoms with van der Waals surface area (Å²) in [7, 11) is -3.47. The summed E-state index contributed by atoms with van der Waals surface area (Å²) in [5.74, 6) is 2.38. The molecule has 1 aromatic rings. The zero-order valence-electron chi connectivity index (χ0n) is 25.2. The molecule has 0 aliphatic heterocycles. The van der Waals surface area contributed by atoms with E-state index < -0.39 is 13.4 Å². The van der Waals surface area contributed by atoms with Gasteiger partial charge in [0.25, 0.3) is 0 Å². The van der Waals surface area contributed by atoms with Crippen LogP contribution in [0.4, 0.5) is 10.5 Å². The molecule has 0 radical (unpaired) electrons. The largest absolute Gasteiger partial charge is 0.371 e. The van der Waals surface area contributed by atoms with Gasteiger partial charge < -0.3 is 25.0 Å². The van der Waals surface area contributed by atoms with Gasteiger partial charge >= 0.3 is 13.6 Å². The van der Waals surface area contributed by atoms with E-state index in [9.17, 15) is 9.36 Å². The SMILES string of the molecule is CC(C)COP(=O)(OCC(C)C)C(Nc1ccc(CNC(=O)NC23CC4CC(CC(C4)C2)C3)cc1)C(C)(C)C. The first-order valence-corrected chi connectivity index (χ1v) is 16.7. The maximum absolute atomic E-state index is 14.1. The summed E-state index contributed by atoms with van der Waals surface area (Å²) in [5.41, 5.74) is 1.50. The molecule has 5 rings (SSSR count). The van der Waals surface area contributed by atoms with Crippen molar-refractivity contribution >= 4 is 19.3 Å². The number of hydrogen-bond donors (Lipinski definition) is 3. The molecule has 4 aliphatic rings. The Balaban J connectivity index is 1.36. The molecular weight excluding hydrogens is 509 g/mol. The maximum Gasteiger partial charge on any atom is 0.353 e. The molecule has 1 unspecified atom stereocenters. The molecule has 220 valence electrons. The lowest BCUT2D eigenvalue weighted by Gasteiger charge is -2.56. The van der Waals surface area contributed by atoms with Gasteiger partial charge in [0.05, 0.1) is 13.2 Å². The molecule has 0 aromatic heterocycles. The quantitative estimate of drug-likeness (QED) is 0.227. The van der Waals surface area contributed by atoms with Gasteiger partial charge in [0.2, 0.25) is 0 Å². The number of carbonyl (C=O) groups excluding carboxylic acids is 1. The third-order valence-electron chi connectivity index (χ3n) is 8.44. The van der Waals surface area contributed by atoms with Gasteiger partial charge in [0.15, 0.2) is 0 Å². The van der Waals surface area contributed by atoms with Gasteiger partial charge in [-0.1, -0.05) is 60.6 Å². The standard InChI is InChI=1S/C31H52N3O4P/c1-21(2)19-37-39(36,38-20-22(3)4)28(30(5,6)7)33-27-10-8-23(9-11-27)18-32-29(35)34-31-15-24-12-25(16-31)14-26(13-24)17-31/h8-11,21-22,24-26,28,33H,12-20H2,1-7H3,(H2,32,34,35). The number of amides is 2. The average molecular weight is 562 g/mol. The Kier molecular flexibility index (Phi) is 9.45. The lowest BCUT2D eigenvalue weighted by molar-refractivity contribution is -0.0135. The van der Waals surface area contributed by atoms with Crippen molar-refractivity contribution in [2.75, 3.05) is 18.5 Å². The van der Waals surface area contributed by atoms with Crippen molar-refractivity contribution in [3.63, 3.8) is 0 Å². The Labute approximate surface area is 236 Å². The Morgan fingerprint density at radius 1 is 0.923 bits per heavy atom. The second-order valence-corrected chi connectivity index (χ2v) is 16.6. The molecule has 4 aliphatic carbocycles. The van der Waals surface area contributed by atoms with E-state index in [-0.39, 0.29) is 28.8 Å². The molecule has 4 bridgehead atoms. The van der Waals surface area contributed by atoms with E-state index in [0.717, 1.165) is 48.3 Å². The molecule has 7 nitrogen and oxygen atoms in total.